The van der Waals surface area contributed by atoms with Crippen LogP contribution in [0, 0.1) is 0 Å². The van der Waals surface area contributed by atoms with Crippen molar-refractivity contribution in [3.8, 4) is 0 Å². The summed E-state index contributed by atoms with van der Waals surface area (Å²) < 4.78 is 0. The van der Waals surface area contributed by atoms with Crippen LogP contribution in [0.3, 0.4) is 0 Å². The minimum Gasteiger partial charge on any atom is -0.411 e. The van der Waals surface area contributed by atoms with Crippen molar-refractivity contribution < 1.29 is 30.4 Å². The normalized spacial score (nSPS) is 16.0. The first-order valence-corrected chi connectivity index (χ1v) is 10.6. The summed E-state index contributed by atoms with van der Waals surface area (Å²) >= 11 is 0. The Morgan fingerprint density at radius 2 is 1.39 bits per heavy atom. The van der Waals surface area contributed by atoms with Gasteiger partial charge in [-0.2, -0.15) is 0 Å². The first-order chi connectivity index (χ1) is 13.5. The molecule has 0 unspecified atom stereocenters. The Balaban J connectivity index is 3.92. The number of aliphatic hydroxyl groups excluding tert-OH is 4. The summed E-state index contributed by atoms with van der Waals surface area (Å²) in [6.45, 7) is 1.47. The highest BCUT2D eigenvalue weighted by molar-refractivity contribution is 5.80. The molecule has 0 aliphatic rings. The van der Waals surface area contributed by atoms with Crippen molar-refractivity contribution in [3.05, 3.63) is 0 Å². The minimum atomic E-state index is -1.68. The summed E-state index contributed by atoms with van der Waals surface area (Å²) in [5.41, 5.74) is 0. The molecule has 0 saturated carbocycles. The SMILES string of the molecule is CCCCCCCCCCCCCC(=O)N[C@@H](/C=N/O)[C@@H](O)[C@H](O)[C@H](O)CO. The number of oxime groups is 1. The van der Waals surface area contributed by atoms with Crippen molar-refractivity contribution in [2.24, 2.45) is 5.16 Å². The number of rotatable bonds is 18. The number of unbranched alkanes of at least 4 members (excludes halogenated alkanes) is 10. The highest BCUT2D eigenvalue weighted by Gasteiger charge is 2.31. The van der Waals surface area contributed by atoms with Crippen LogP contribution in [-0.2, 0) is 4.79 Å². The smallest absolute Gasteiger partial charge is 0.220 e. The van der Waals surface area contributed by atoms with Crippen LogP contribution in [0.5, 0.6) is 0 Å². The van der Waals surface area contributed by atoms with E-state index in [4.69, 9.17) is 10.3 Å². The van der Waals surface area contributed by atoms with Crippen LogP contribution in [0.15, 0.2) is 5.16 Å². The van der Waals surface area contributed by atoms with Gasteiger partial charge < -0.3 is 31.0 Å². The molecule has 0 rings (SSSR count). The lowest BCUT2D eigenvalue weighted by Crippen LogP contribution is -2.53. The summed E-state index contributed by atoms with van der Waals surface area (Å²) in [5, 5.41) is 51.8. The van der Waals surface area contributed by atoms with Crippen molar-refractivity contribution >= 4 is 12.1 Å². The van der Waals surface area contributed by atoms with Crippen molar-refractivity contribution in [2.45, 2.75) is 108 Å². The predicted octanol–water partition coefficient (Wildman–Crippen LogP) is 1.71. The third kappa shape index (κ3) is 13.0. The predicted molar refractivity (Wildman–Crippen MR) is 108 cm³/mol. The van der Waals surface area contributed by atoms with E-state index in [2.05, 4.69) is 17.4 Å². The molecule has 0 aromatic heterocycles. The van der Waals surface area contributed by atoms with E-state index in [0.717, 1.165) is 19.1 Å². The molecule has 4 atom stereocenters. The molecule has 1 amide bonds. The number of aliphatic hydroxyl groups is 4. The Labute approximate surface area is 168 Å². The maximum atomic E-state index is 12.0. The average Bonchev–Trinajstić information content (AvgIpc) is 2.69. The van der Waals surface area contributed by atoms with Gasteiger partial charge in [0.15, 0.2) is 0 Å². The van der Waals surface area contributed by atoms with Gasteiger partial charge >= 0.3 is 0 Å². The Bertz CT molecular complexity index is 408. The number of hydrogen-bond donors (Lipinski definition) is 6. The molecule has 0 aromatic rings. The van der Waals surface area contributed by atoms with Gasteiger partial charge in [-0.3, -0.25) is 4.79 Å². The second kappa shape index (κ2) is 17.8. The molecular weight excluding hydrogens is 364 g/mol. The van der Waals surface area contributed by atoms with Gasteiger partial charge in [0.25, 0.3) is 0 Å². The lowest BCUT2D eigenvalue weighted by molar-refractivity contribution is -0.124. The lowest BCUT2D eigenvalue weighted by atomic mass is 10.0. The summed E-state index contributed by atoms with van der Waals surface area (Å²) in [4.78, 5) is 12.0. The van der Waals surface area contributed by atoms with E-state index >= 15 is 0 Å². The van der Waals surface area contributed by atoms with Gasteiger partial charge in [0.05, 0.1) is 18.9 Å². The largest absolute Gasteiger partial charge is 0.411 e. The topological polar surface area (TPSA) is 143 Å². The van der Waals surface area contributed by atoms with E-state index in [9.17, 15) is 20.1 Å². The molecule has 0 radical (unpaired) electrons. The van der Waals surface area contributed by atoms with Crippen LogP contribution in [0.4, 0.5) is 0 Å². The highest BCUT2D eigenvalue weighted by atomic mass is 16.4. The summed E-state index contributed by atoms with van der Waals surface area (Å²) in [7, 11) is 0. The zero-order valence-corrected chi connectivity index (χ0v) is 17.2. The van der Waals surface area contributed by atoms with Gasteiger partial charge in [-0.05, 0) is 6.42 Å². The number of nitrogens with one attached hydrogen (secondary N) is 1. The Morgan fingerprint density at radius 1 is 0.893 bits per heavy atom. The van der Waals surface area contributed by atoms with Crippen LogP contribution in [0.25, 0.3) is 0 Å². The zero-order chi connectivity index (χ0) is 21.2. The molecule has 0 saturated heterocycles. The van der Waals surface area contributed by atoms with Crippen LogP contribution in [0.2, 0.25) is 0 Å². The van der Waals surface area contributed by atoms with E-state index in [1.54, 1.807) is 0 Å². The molecule has 0 bridgehead atoms. The third-order valence-electron chi connectivity index (χ3n) is 4.86. The number of carbonyl (C=O) groups excluding carboxylic acids is 1. The summed E-state index contributed by atoms with van der Waals surface area (Å²) in [5.74, 6) is -0.342. The summed E-state index contributed by atoms with van der Waals surface area (Å²) in [6, 6.07) is -1.17. The Hall–Kier alpha value is -1.22. The first kappa shape index (κ1) is 26.8. The third-order valence-corrected chi connectivity index (χ3v) is 4.86. The van der Waals surface area contributed by atoms with E-state index < -0.39 is 31.0 Å². The molecule has 0 spiro atoms. The number of amides is 1. The molecule has 28 heavy (non-hydrogen) atoms. The second-order valence-electron chi connectivity index (χ2n) is 7.37. The fraction of sp³-hybridized carbons (Fsp3) is 0.900. The molecule has 8 heteroatoms. The van der Waals surface area contributed by atoms with Crippen molar-refractivity contribution in [3.63, 3.8) is 0 Å². The van der Waals surface area contributed by atoms with Gasteiger partial charge in [0.1, 0.15) is 18.3 Å². The highest BCUT2D eigenvalue weighted by Crippen LogP contribution is 2.12. The maximum Gasteiger partial charge on any atom is 0.220 e. The minimum absolute atomic E-state index is 0.262. The molecule has 0 aliphatic carbocycles. The van der Waals surface area contributed by atoms with Crippen LogP contribution < -0.4 is 5.32 Å². The number of nitrogens with zero attached hydrogens (tertiary/aromatic N) is 1. The van der Waals surface area contributed by atoms with Crippen LogP contribution in [-0.4, -0.2) is 68.7 Å². The van der Waals surface area contributed by atoms with E-state index in [1.807, 2.05) is 0 Å². The van der Waals surface area contributed by atoms with Crippen molar-refractivity contribution in [1.29, 1.82) is 0 Å². The second-order valence-corrected chi connectivity index (χ2v) is 7.37. The molecule has 0 heterocycles. The monoisotopic (exact) mass is 404 g/mol. The molecule has 0 fully saturated rings. The fourth-order valence-electron chi connectivity index (χ4n) is 3.04. The fourth-order valence-corrected chi connectivity index (χ4v) is 3.04. The molecule has 6 N–H and O–H groups in total. The maximum absolute atomic E-state index is 12.0. The van der Waals surface area contributed by atoms with Gasteiger partial charge in [0.2, 0.25) is 5.91 Å². The van der Waals surface area contributed by atoms with Gasteiger partial charge in [-0.15, -0.1) is 0 Å². The van der Waals surface area contributed by atoms with E-state index in [-0.39, 0.29) is 12.3 Å². The molecule has 166 valence electrons. The zero-order valence-electron chi connectivity index (χ0n) is 17.2. The standard InChI is InChI=1S/C20H40N2O6/c1-2-3-4-5-6-7-8-9-10-11-12-13-18(25)22-16(14-21-28)19(26)20(27)17(24)15-23/h14,16-17,19-20,23-24,26-28H,2-13,15H2,1H3,(H,22,25)/b21-14+/t16-,17+,19+,20+/m0/s1. The van der Waals surface area contributed by atoms with Crippen molar-refractivity contribution in [2.75, 3.05) is 6.61 Å². The number of hydrogen-bond acceptors (Lipinski definition) is 7. The molecule has 8 nitrogen and oxygen atoms in total. The van der Waals surface area contributed by atoms with Crippen molar-refractivity contribution in [1.82, 2.24) is 5.32 Å². The summed E-state index contributed by atoms with van der Waals surface area (Å²) in [6.07, 6.45) is 9.22. The molecule has 0 aliphatic heterocycles. The lowest BCUT2D eigenvalue weighted by Gasteiger charge is -2.27. The van der Waals surface area contributed by atoms with Gasteiger partial charge in [-0.25, -0.2) is 0 Å². The van der Waals surface area contributed by atoms with Gasteiger partial charge in [0, 0.05) is 6.42 Å². The molecule has 0 aromatic carbocycles. The number of carbonyl (C=O) groups is 1. The van der Waals surface area contributed by atoms with Gasteiger partial charge in [-0.1, -0.05) is 76.3 Å². The van der Waals surface area contributed by atoms with Crippen LogP contribution in [0.1, 0.15) is 84.0 Å². The average molecular weight is 405 g/mol. The van der Waals surface area contributed by atoms with Crippen LogP contribution >= 0.6 is 0 Å². The Morgan fingerprint density at radius 3 is 1.86 bits per heavy atom. The Kier molecular flexibility index (Phi) is 17.1. The quantitative estimate of drug-likeness (QED) is 0.0888. The van der Waals surface area contributed by atoms with E-state index in [0.29, 0.717) is 6.42 Å². The first-order valence-electron chi connectivity index (χ1n) is 10.6. The van der Waals surface area contributed by atoms with E-state index in [1.165, 1.54) is 51.4 Å². The molecular formula is C20H40N2O6.